The molecule has 2 aromatic rings. The van der Waals surface area contributed by atoms with Crippen LogP contribution in [-0.4, -0.2) is 25.3 Å². The first kappa shape index (κ1) is 16.4. The van der Waals surface area contributed by atoms with Crippen LogP contribution in [0.2, 0.25) is 0 Å². The Hall–Kier alpha value is -2.00. The summed E-state index contributed by atoms with van der Waals surface area (Å²) >= 11 is 0. The minimum Gasteiger partial charge on any atom is -0.496 e. The normalized spacial score (nSPS) is 12.0. The minimum absolute atomic E-state index is 0.541. The molecule has 1 N–H and O–H groups in total. The Labute approximate surface area is 133 Å². The number of methoxy groups -OCH3 is 1. The van der Waals surface area contributed by atoms with Crippen molar-refractivity contribution >= 4 is 5.69 Å². The van der Waals surface area contributed by atoms with E-state index in [1.165, 1.54) is 0 Å². The molecule has 0 aliphatic rings. The molecule has 2 aromatic carbocycles. The fraction of sp³-hybridized carbons (Fsp3) is 0.368. The molecular weight excluding hydrogens is 274 g/mol. The summed E-state index contributed by atoms with van der Waals surface area (Å²) in [7, 11) is 1.66. The Bertz CT molecular complexity index is 610. The van der Waals surface area contributed by atoms with Crippen LogP contribution in [-0.2, 0) is 0 Å². The van der Waals surface area contributed by atoms with E-state index < -0.39 is 6.10 Å². The molecule has 0 aliphatic carbocycles. The Morgan fingerprint density at radius 1 is 1.14 bits per heavy atom. The number of aliphatic hydroxyl groups is 1. The Kier molecular flexibility index (Phi) is 5.45. The van der Waals surface area contributed by atoms with E-state index in [4.69, 9.17) is 4.74 Å². The van der Waals surface area contributed by atoms with Crippen LogP contribution < -0.4 is 9.64 Å². The van der Waals surface area contributed by atoms with Gasteiger partial charge >= 0.3 is 0 Å². The van der Waals surface area contributed by atoms with Gasteiger partial charge in [-0.1, -0.05) is 29.8 Å². The molecule has 0 heterocycles. The minimum atomic E-state index is -0.589. The second-order valence-corrected chi connectivity index (χ2v) is 5.59. The summed E-state index contributed by atoms with van der Waals surface area (Å²) < 4.78 is 5.49. The second-order valence-electron chi connectivity index (χ2n) is 5.59. The third kappa shape index (κ3) is 3.60. The SMILES string of the molecule is CCN(CC(O)c1cc(C)cc(C)c1OC)c1ccccc1. The molecule has 0 spiro atoms. The highest BCUT2D eigenvalue weighted by Crippen LogP contribution is 2.31. The zero-order valence-corrected chi connectivity index (χ0v) is 13.8. The van der Waals surface area contributed by atoms with E-state index in [9.17, 15) is 5.11 Å². The van der Waals surface area contributed by atoms with Crippen molar-refractivity contribution in [3.63, 3.8) is 0 Å². The molecule has 0 aliphatic heterocycles. The molecule has 0 saturated carbocycles. The topological polar surface area (TPSA) is 32.7 Å². The highest BCUT2D eigenvalue weighted by Gasteiger charge is 2.18. The molecule has 0 fully saturated rings. The molecule has 2 rings (SSSR count). The Morgan fingerprint density at radius 2 is 1.82 bits per heavy atom. The number of rotatable bonds is 6. The number of aryl methyl sites for hydroxylation is 2. The molecule has 0 radical (unpaired) electrons. The van der Waals surface area contributed by atoms with Crippen LogP contribution in [0.25, 0.3) is 0 Å². The highest BCUT2D eigenvalue weighted by molar-refractivity contribution is 5.48. The lowest BCUT2D eigenvalue weighted by Crippen LogP contribution is -2.28. The molecule has 0 amide bonds. The zero-order valence-electron chi connectivity index (χ0n) is 13.8. The lowest BCUT2D eigenvalue weighted by atomic mass is 10.0. The van der Waals surface area contributed by atoms with E-state index in [1.807, 2.05) is 38.1 Å². The monoisotopic (exact) mass is 299 g/mol. The first-order chi connectivity index (χ1) is 10.6. The number of ether oxygens (including phenoxy) is 1. The van der Waals surface area contributed by atoms with Crippen LogP contribution in [0.4, 0.5) is 5.69 Å². The van der Waals surface area contributed by atoms with Crippen molar-refractivity contribution in [2.45, 2.75) is 26.9 Å². The van der Waals surface area contributed by atoms with Crippen LogP contribution in [0.15, 0.2) is 42.5 Å². The summed E-state index contributed by atoms with van der Waals surface area (Å²) in [5.74, 6) is 0.780. The first-order valence-corrected chi connectivity index (χ1v) is 7.70. The van der Waals surface area contributed by atoms with Gasteiger partial charge in [-0.3, -0.25) is 0 Å². The van der Waals surface area contributed by atoms with E-state index in [1.54, 1.807) is 7.11 Å². The fourth-order valence-corrected chi connectivity index (χ4v) is 2.88. The number of likely N-dealkylation sites (N-methyl/N-ethyl adjacent to an activating group) is 1. The molecular formula is C19H25NO2. The van der Waals surface area contributed by atoms with Gasteiger partial charge in [-0.2, -0.15) is 0 Å². The zero-order chi connectivity index (χ0) is 16.1. The van der Waals surface area contributed by atoms with E-state index in [2.05, 4.69) is 30.0 Å². The molecule has 3 heteroatoms. The Morgan fingerprint density at radius 3 is 2.41 bits per heavy atom. The molecule has 118 valence electrons. The van der Waals surface area contributed by atoms with Gasteiger partial charge in [0.1, 0.15) is 11.9 Å². The maximum Gasteiger partial charge on any atom is 0.127 e. The summed E-state index contributed by atoms with van der Waals surface area (Å²) in [6.07, 6.45) is -0.589. The number of nitrogens with zero attached hydrogens (tertiary/aromatic N) is 1. The number of hydrogen-bond donors (Lipinski definition) is 1. The van der Waals surface area contributed by atoms with Gasteiger partial charge < -0.3 is 14.7 Å². The number of para-hydroxylation sites is 1. The van der Waals surface area contributed by atoms with Gasteiger partial charge in [-0.15, -0.1) is 0 Å². The average molecular weight is 299 g/mol. The molecule has 0 saturated heterocycles. The van der Waals surface area contributed by atoms with Crippen LogP contribution >= 0.6 is 0 Å². The second kappa shape index (κ2) is 7.32. The lowest BCUT2D eigenvalue weighted by Gasteiger charge is -2.27. The fourth-order valence-electron chi connectivity index (χ4n) is 2.88. The average Bonchev–Trinajstić information content (AvgIpc) is 2.52. The lowest BCUT2D eigenvalue weighted by molar-refractivity contribution is 0.179. The van der Waals surface area contributed by atoms with Gasteiger partial charge in [-0.05, 0) is 44.5 Å². The maximum atomic E-state index is 10.7. The molecule has 3 nitrogen and oxygen atoms in total. The standard InChI is InChI=1S/C19H25NO2/c1-5-20(16-9-7-6-8-10-16)13-18(21)17-12-14(2)11-15(3)19(17)22-4/h6-12,18,21H,5,13H2,1-4H3. The third-order valence-corrected chi connectivity index (χ3v) is 3.91. The van der Waals surface area contributed by atoms with E-state index >= 15 is 0 Å². The maximum absolute atomic E-state index is 10.7. The van der Waals surface area contributed by atoms with Crippen molar-refractivity contribution in [1.29, 1.82) is 0 Å². The van der Waals surface area contributed by atoms with E-state index in [0.29, 0.717) is 6.54 Å². The van der Waals surface area contributed by atoms with Gasteiger partial charge in [0.05, 0.1) is 7.11 Å². The summed E-state index contributed by atoms with van der Waals surface area (Å²) in [6, 6.07) is 14.2. The van der Waals surface area contributed by atoms with Gasteiger partial charge in [0, 0.05) is 24.3 Å². The predicted octanol–water partition coefficient (Wildman–Crippen LogP) is 3.87. The molecule has 0 aromatic heterocycles. The van der Waals surface area contributed by atoms with Crippen molar-refractivity contribution in [1.82, 2.24) is 0 Å². The molecule has 0 bridgehead atoms. The number of aliphatic hydroxyl groups excluding tert-OH is 1. The highest BCUT2D eigenvalue weighted by atomic mass is 16.5. The molecule has 1 unspecified atom stereocenters. The van der Waals surface area contributed by atoms with E-state index in [0.717, 1.165) is 34.7 Å². The number of anilines is 1. The largest absolute Gasteiger partial charge is 0.496 e. The van der Waals surface area contributed by atoms with Crippen molar-refractivity contribution in [3.8, 4) is 5.75 Å². The van der Waals surface area contributed by atoms with Crippen LogP contribution in [0.5, 0.6) is 5.75 Å². The summed E-state index contributed by atoms with van der Waals surface area (Å²) in [4.78, 5) is 2.17. The van der Waals surface area contributed by atoms with Crippen molar-refractivity contribution < 1.29 is 9.84 Å². The number of hydrogen-bond acceptors (Lipinski definition) is 3. The molecule has 1 atom stereocenters. The summed E-state index contributed by atoms with van der Waals surface area (Å²) in [5, 5.41) is 10.7. The quantitative estimate of drug-likeness (QED) is 0.879. The van der Waals surface area contributed by atoms with Gasteiger partial charge in [0.25, 0.3) is 0 Å². The summed E-state index contributed by atoms with van der Waals surface area (Å²) in [6.45, 7) is 7.53. The molecule has 22 heavy (non-hydrogen) atoms. The summed E-state index contributed by atoms with van der Waals surface area (Å²) in [5.41, 5.74) is 4.16. The third-order valence-electron chi connectivity index (χ3n) is 3.91. The first-order valence-electron chi connectivity index (χ1n) is 7.70. The van der Waals surface area contributed by atoms with Crippen LogP contribution in [0.1, 0.15) is 29.7 Å². The van der Waals surface area contributed by atoms with Gasteiger partial charge in [0.2, 0.25) is 0 Å². The van der Waals surface area contributed by atoms with Gasteiger partial charge in [0.15, 0.2) is 0 Å². The smallest absolute Gasteiger partial charge is 0.127 e. The van der Waals surface area contributed by atoms with Crippen molar-refractivity contribution in [2.75, 3.05) is 25.1 Å². The van der Waals surface area contributed by atoms with Crippen LogP contribution in [0, 0.1) is 13.8 Å². The Balaban J connectivity index is 2.26. The predicted molar refractivity (Wildman–Crippen MR) is 91.8 cm³/mol. The van der Waals surface area contributed by atoms with Crippen LogP contribution in [0.3, 0.4) is 0 Å². The number of benzene rings is 2. The van der Waals surface area contributed by atoms with Gasteiger partial charge in [-0.25, -0.2) is 0 Å². The van der Waals surface area contributed by atoms with E-state index in [-0.39, 0.29) is 0 Å². The van der Waals surface area contributed by atoms with Crippen molar-refractivity contribution in [3.05, 3.63) is 59.2 Å². The van der Waals surface area contributed by atoms with Crippen molar-refractivity contribution in [2.24, 2.45) is 0 Å².